The predicted molar refractivity (Wildman–Crippen MR) is 79.9 cm³/mol. The van der Waals surface area contributed by atoms with Crippen LogP contribution in [0.15, 0.2) is 36.4 Å². The molecule has 0 aliphatic rings. The van der Waals surface area contributed by atoms with Crippen molar-refractivity contribution in [1.82, 2.24) is 5.32 Å². The van der Waals surface area contributed by atoms with Crippen molar-refractivity contribution in [2.24, 2.45) is 0 Å². The number of benzene rings is 2. The van der Waals surface area contributed by atoms with Gasteiger partial charge in [0.2, 0.25) is 0 Å². The van der Waals surface area contributed by atoms with Gasteiger partial charge in [-0.3, -0.25) is 0 Å². The SMILES string of the molecule is CNC(Cc1c(F)cccc1Cl)c1cc(F)ccc1OC. The highest BCUT2D eigenvalue weighted by atomic mass is 35.5. The van der Waals surface area contributed by atoms with E-state index >= 15 is 0 Å². The molecule has 0 fully saturated rings. The third-order valence-electron chi connectivity index (χ3n) is 3.39. The minimum Gasteiger partial charge on any atom is -0.496 e. The van der Waals surface area contributed by atoms with Crippen molar-refractivity contribution in [3.8, 4) is 5.75 Å². The highest BCUT2D eigenvalue weighted by Gasteiger charge is 2.19. The van der Waals surface area contributed by atoms with Gasteiger partial charge in [-0.15, -0.1) is 0 Å². The van der Waals surface area contributed by atoms with Gasteiger partial charge in [0.25, 0.3) is 0 Å². The summed E-state index contributed by atoms with van der Waals surface area (Å²) in [6.07, 6.45) is 0.293. The number of likely N-dealkylation sites (N-methyl/N-ethyl adjacent to an activating group) is 1. The number of hydrogen-bond acceptors (Lipinski definition) is 2. The maximum atomic E-state index is 13.9. The van der Waals surface area contributed by atoms with E-state index in [0.29, 0.717) is 28.3 Å². The van der Waals surface area contributed by atoms with Crippen molar-refractivity contribution < 1.29 is 13.5 Å². The summed E-state index contributed by atoms with van der Waals surface area (Å²) in [5, 5.41) is 3.40. The Morgan fingerprint density at radius 2 is 2.00 bits per heavy atom. The smallest absolute Gasteiger partial charge is 0.127 e. The maximum absolute atomic E-state index is 13.9. The summed E-state index contributed by atoms with van der Waals surface area (Å²) in [4.78, 5) is 0. The molecule has 0 bridgehead atoms. The van der Waals surface area contributed by atoms with Crippen LogP contribution in [0.3, 0.4) is 0 Å². The van der Waals surface area contributed by atoms with E-state index in [1.165, 1.54) is 25.3 Å². The quantitative estimate of drug-likeness (QED) is 0.896. The van der Waals surface area contributed by atoms with Crippen LogP contribution in [-0.4, -0.2) is 14.2 Å². The number of halogens is 3. The average molecular weight is 312 g/mol. The minimum absolute atomic E-state index is 0.293. The molecule has 2 aromatic rings. The van der Waals surface area contributed by atoms with Gasteiger partial charge in [0, 0.05) is 22.2 Å². The van der Waals surface area contributed by atoms with Crippen LogP contribution in [0.4, 0.5) is 8.78 Å². The molecule has 2 aromatic carbocycles. The summed E-state index contributed by atoms with van der Waals surface area (Å²) in [5.74, 6) is -0.202. The molecule has 0 radical (unpaired) electrons. The molecule has 2 nitrogen and oxygen atoms in total. The summed E-state index contributed by atoms with van der Waals surface area (Å²) in [7, 11) is 3.24. The molecule has 0 saturated heterocycles. The van der Waals surface area contributed by atoms with Crippen molar-refractivity contribution in [2.45, 2.75) is 12.5 Å². The van der Waals surface area contributed by atoms with Gasteiger partial charge in [-0.25, -0.2) is 8.78 Å². The first-order valence-corrected chi connectivity index (χ1v) is 6.88. The molecule has 1 N–H and O–H groups in total. The molecule has 0 spiro atoms. The van der Waals surface area contributed by atoms with E-state index in [2.05, 4.69) is 5.32 Å². The van der Waals surface area contributed by atoms with Crippen LogP contribution in [0, 0.1) is 11.6 Å². The van der Waals surface area contributed by atoms with Crippen LogP contribution in [0.1, 0.15) is 17.2 Å². The second kappa shape index (κ2) is 6.87. The first-order valence-electron chi connectivity index (χ1n) is 6.50. The molecule has 0 amide bonds. The first-order chi connectivity index (χ1) is 10.1. The third-order valence-corrected chi connectivity index (χ3v) is 3.74. The Morgan fingerprint density at radius 1 is 1.24 bits per heavy atom. The number of methoxy groups -OCH3 is 1. The van der Waals surface area contributed by atoms with Crippen LogP contribution in [0.2, 0.25) is 5.02 Å². The Morgan fingerprint density at radius 3 is 2.62 bits per heavy atom. The molecule has 0 saturated carbocycles. The molecule has 1 unspecified atom stereocenters. The summed E-state index contributed by atoms with van der Waals surface area (Å²) in [6, 6.07) is 8.49. The van der Waals surface area contributed by atoms with E-state index in [4.69, 9.17) is 16.3 Å². The standard InChI is InChI=1S/C16H16ClF2NO/c1-20-15(9-11-13(17)4-3-5-14(11)19)12-8-10(18)6-7-16(12)21-2/h3-8,15,20H,9H2,1-2H3. The van der Waals surface area contributed by atoms with Gasteiger partial charge in [0.05, 0.1) is 7.11 Å². The van der Waals surface area contributed by atoms with Gasteiger partial charge in [0.1, 0.15) is 17.4 Å². The minimum atomic E-state index is -0.377. The molecule has 21 heavy (non-hydrogen) atoms. The van der Waals surface area contributed by atoms with Crippen molar-refractivity contribution in [1.29, 1.82) is 0 Å². The zero-order valence-corrected chi connectivity index (χ0v) is 12.5. The molecule has 0 aromatic heterocycles. The molecular weight excluding hydrogens is 296 g/mol. The maximum Gasteiger partial charge on any atom is 0.127 e. The van der Waals surface area contributed by atoms with E-state index < -0.39 is 0 Å². The Balaban J connectivity index is 2.39. The molecule has 1 atom stereocenters. The predicted octanol–water partition coefficient (Wildman–Crippen LogP) is 4.13. The fourth-order valence-electron chi connectivity index (χ4n) is 2.28. The van der Waals surface area contributed by atoms with E-state index in [-0.39, 0.29) is 17.7 Å². The van der Waals surface area contributed by atoms with Crippen LogP contribution in [-0.2, 0) is 6.42 Å². The molecule has 112 valence electrons. The molecule has 2 rings (SSSR count). The first kappa shape index (κ1) is 15.7. The Hall–Kier alpha value is -1.65. The van der Waals surface area contributed by atoms with Crippen LogP contribution < -0.4 is 10.1 Å². The number of rotatable bonds is 5. The topological polar surface area (TPSA) is 21.3 Å². The van der Waals surface area contributed by atoms with E-state index in [1.54, 1.807) is 25.2 Å². The fourth-order valence-corrected chi connectivity index (χ4v) is 2.52. The summed E-state index contributed by atoms with van der Waals surface area (Å²) >= 11 is 6.05. The number of nitrogens with one attached hydrogen (secondary N) is 1. The number of ether oxygens (including phenoxy) is 1. The van der Waals surface area contributed by atoms with Gasteiger partial charge in [-0.1, -0.05) is 17.7 Å². The van der Waals surface area contributed by atoms with Gasteiger partial charge in [-0.05, 0) is 43.8 Å². The van der Waals surface area contributed by atoms with Crippen LogP contribution >= 0.6 is 11.6 Å². The van der Waals surface area contributed by atoms with E-state index in [0.717, 1.165) is 0 Å². The largest absolute Gasteiger partial charge is 0.496 e. The second-order valence-electron chi connectivity index (χ2n) is 4.63. The van der Waals surface area contributed by atoms with Crippen molar-refractivity contribution in [3.05, 3.63) is 64.2 Å². The Labute approximate surface area is 127 Å². The van der Waals surface area contributed by atoms with Gasteiger partial charge < -0.3 is 10.1 Å². The van der Waals surface area contributed by atoms with Crippen LogP contribution in [0.25, 0.3) is 0 Å². The van der Waals surface area contributed by atoms with E-state index in [1.807, 2.05) is 0 Å². The highest BCUT2D eigenvalue weighted by Crippen LogP contribution is 2.31. The zero-order chi connectivity index (χ0) is 15.4. The Bertz CT molecular complexity index is 613. The van der Waals surface area contributed by atoms with E-state index in [9.17, 15) is 8.78 Å². The summed E-state index contributed by atoms with van der Waals surface area (Å²) in [6.45, 7) is 0. The van der Waals surface area contributed by atoms with Gasteiger partial charge >= 0.3 is 0 Å². The third kappa shape index (κ3) is 3.52. The summed E-state index contributed by atoms with van der Waals surface area (Å²) < 4.78 is 32.6. The monoisotopic (exact) mass is 311 g/mol. The average Bonchev–Trinajstić information content (AvgIpc) is 2.47. The lowest BCUT2D eigenvalue weighted by Gasteiger charge is -2.20. The van der Waals surface area contributed by atoms with Crippen molar-refractivity contribution in [2.75, 3.05) is 14.2 Å². The van der Waals surface area contributed by atoms with Crippen molar-refractivity contribution in [3.63, 3.8) is 0 Å². The normalized spacial score (nSPS) is 12.2. The lowest BCUT2D eigenvalue weighted by Crippen LogP contribution is -2.20. The molecular formula is C16H16ClF2NO. The fraction of sp³-hybridized carbons (Fsp3) is 0.250. The highest BCUT2D eigenvalue weighted by molar-refractivity contribution is 6.31. The summed E-state index contributed by atoms with van der Waals surface area (Å²) in [5.41, 5.74) is 1.02. The van der Waals surface area contributed by atoms with Gasteiger partial charge in [-0.2, -0.15) is 0 Å². The second-order valence-corrected chi connectivity index (χ2v) is 5.04. The van der Waals surface area contributed by atoms with Crippen molar-refractivity contribution >= 4 is 11.6 Å². The lowest BCUT2D eigenvalue weighted by molar-refractivity contribution is 0.399. The molecule has 0 aliphatic carbocycles. The molecule has 0 heterocycles. The Kier molecular flexibility index (Phi) is 5.15. The number of hydrogen-bond donors (Lipinski definition) is 1. The molecule has 0 aliphatic heterocycles. The zero-order valence-electron chi connectivity index (χ0n) is 11.8. The van der Waals surface area contributed by atoms with Crippen LogP contribution in [0.5, 0.6) is 5.75 Å². The van der Waals surface area contributed by atoms with Gasteiger partial charge in [0.15, 0.2) is 0 Å². The lowest BCUT2D eigenvalue weighted by atomic mass is 9.97. The molecule has 5 heteroatoms.